The Kier molecular flexibility index (Phi) is 8.96. The molecule has 0 aliphatic rings. The Morgan fingerprint density at radius 3 is 2.05 bits per heavy atom. The van der Waals surface area contributed by atoms with Crippen LogP contribution in [0.25, 0.3) is 55.0 Å². The fourth-order valence-electron chi connectivity index (χ4n) is 6.14. The lowest BCUT2D eigenvalue weighted by molar-refractivity contribution is -0.141. The van der Waals surface area contributed by atoms with Gasteiger partial charge in [-0.05, 0) is 24.3 Å². The van der Waals surface area contributed by atoms with Crippen molar-refractivity contribution in [3.63, 3.8) is 0 Å². The third-order valence-electron chi connectivity index (χ3n) is 8.56. The summed E-state index contributed by atoms with van der Waals surface area (Å²) in [6, 6.07) is 1.42. The van der Waals surface area contributed by atoms with Crippen molar-refractivity contribution in [1.29, 1.82) is 0 Å². The molecular weight excluding hydrogens is 844 g/mol. The standard InChI is InChI=1S/C31H21F9N10O2S4/c1-3-53-25-21(45-27-49(25)6-7-54-27)24-44-15-10-19(30(35,36)37)42-12-17(15)48(24)5-4-8-56(51,52)26-22(46-28-50(26)13-20(55-28)31(38,39)40)23-43-14-9-18(29(32,33)34)41-11-16(14)47(23)2/h6-7,9-13H,3-5,8H2,1-2H3. The number of alkyl halides is 9. The molecule has 0 saturated heterocycles. The lowest BCUT2D eigenvalue weighted by Crippen LogP contribution is -2.14. The number of aromatic nitrogens is 10. The van der Waals surface area contributed by atoms with Crippen LogP contribution in [0.3, 0.4) is 0 Å². The van der Waals surface area contributed by atoms with Gasteiger partial charge in [0.1, 0.15) is 32.7 Å². The van der Waals surface area contributed by atoms with Gasteiger partial charge in [-0.25, -0.2) is 38.3 Å². The highest BCUT2D eigenvalue weighted by Crippen LogP contribution is 2.40. The Morgan fingerprint density at radius 2 is 1.41 bits per heavy atom. The number of hydrogen-bond acceptors (Lipinski definition) is 11. The second kappa shape index (κ2) is 13.2. The number of thiazole rings is 2. The van der Waals surface area contributed by atoms with E-state index in [1.165, 1.54) is 39.3 Å². The summed E-state index contributed by atoms with van der Waals surface area (Å²) >= 11 is 2.87. The molecule has 0 fully saturated rings. The molecule has 8 aromatic rings. The van der Waals surface area contributed by atoms with Crippen molar-refractivity contribution in [1.82, 2.24) is 47.8 Å². The Labute approximate surface area is 319 Å². The normalized spacial score (nSPS) is 13.4. The van der Waals surface area contributed by atoms with Crippen molar-refractivity contribution in [3.05, 3.63) is 58.6 Å². The number of imidazole rings is 4. The fourth-order valence-corrected chi connectivity index (χ4v) is 10.2. The second-order valence-corrected chi connectivity index (χ2v) is 17.3. The van der Waals surface area contributed by atoms with E-state index in [2.05, 4.69) is 29.9 Å². The molecule has 0 N–H and O–H groups in total. The number of halogens is 9. The molecule has 0 aromatic carbocycles. The first-order valence-electron chi connectivity index (χ1n) is 16.0. The summed E-state index contributed by atoms with van der Waals surface area (Å²) in [4.78, 5) is 23.6. The van der Waals surface area contributed by atoms with Crippen LogP contribution in [0.15, 0.2) is 52.4 Å². The highest BCUT2D eigenvalue weighted by atomic mass is 32.2. The van der Waals surface area contributed by atoms with Crippen molar-refractivity contribution in [3.8, 4) is 23.0 Å². The van der Waals surface area contributed by atoms with Gasteiger partial charge in [0.05, 0.1) is 40.2 Å². The van der Waals surface area contributed by atoms with Crippen LogP contribution in [0.4, 0.5) is 39.5 Å². The van der Waals surface area contributed by atoms with Gasteiger partial charge in [-0.2, -0.15) is 39.5 Å². The average molecular weight is 865 g/mol. The predicted octanol–water partition coefficient (Wildman–Crippen LogP) is 8.50. The van der Waals surface area contributed by atoms with Gasteiger partial charge >= 0.3 is 18.5 Å². The molecule has 0 unspecified atom stereocenters. The molecule has 0 aliphatic carbocycles. The Balaban J connectivity index is 1.22. The topological polar surface area (TPSA) is 130 Å². The molecule has 8 rings (SSSR count). The van der Waals surface area contributed by atoms with E-state index in [9.17, 15) is 47.9 Å². The average Bonchev–Trinajstić information content (AvgIpc) is 3.94. The molecule has 0 atom stereocenters. The summed E-state index contributed by atoms with van der Waals surface area (Å²) in [5.74, 6) is -0.242. The molecule has 8 aromatic heterocycles. The summed E-state index contributed by atoms with van der Waals surface area (Å²) in [5, 5.41) is 1.75. The van der Waals surface area contributed by atoms with Gasteiger partial charge in [0, 0.05) is 31.4 Å². The third kappa shape index (κ3) is 6.46. The smallest absolute Gasteiger partial charge is 0.324 e. The number of nitrogens with zero attached hydrogens (tertiary/aromatic N) is 10. The molecule has 25 heteroatoms. The zero-order valence-corrected chi connectivity index (χ0v) is 31.5. The van der Waals surface area contributed by atoms with Crippen LogP contribution in [-0.2, 0) is 42.0 Å². The molecule has 0 spiro atoms. The van der Waals surface area contributed by atoms with Crippen molar-refractivity contribution >= 4 is 76.3 Å². The molecule has 294 valence electrons. The van der Waals surface area contributed by atoms with Gasteiger partial charge in [0.25, 0.3) is 0 Å². The molecule has 0 amide bonds. The first-order chi connectivity index (χ1) is 26.3. The predicted molar refractivity (Wildman–Crippen MR) is 188 cm³/mol. The van der Waals surface area contributed by atoms with E-state index in [0.29, 0.717) is 33.7 Å². The second-order valence-electron chi connectivity index (χ2n) is 12.1. The van der Waals surface area contributed by atoms with Crippen LogP contribution in [0.2, 0.25) is 0 Å². The van der Waals surface area contributed by atoms with Crippen molar-refractivity contribution in [2.75, 3.05) is 11.5 Å². The highest BCUT2D eigenvalue weighted by Gasteiger charge is 2.38. The maximum atomic E-state index is 14.3. The van der Waals surface area contributed by atoms with E-state index in [0.717, 1.165) is 22.9 Å². The molecule has 0 bridgehead atoms. The first kappa shape index (κ1) is 38.1. The minimum absolute atomic E-state index is 0.0604. The van der Waals surface area contributed by atoms with Crippen LogP contribution >= 0.6 is 34.4 Å². The van der Waals surface area contributed by atoms with Crippen molar-refractivity contribution in [2.45, 2.75) is 48.5 Å². The number of rotatable bonds is 9. The van der Waals surface area contributed by atoms with Gasteiger partial charge in [0.2, 0.25) is 0 Å². The van der Waals surface area contributed by atoms with Gasteiger partial charge in [0.15, 0.2) is 36.4 Å². The van der Waals surface area contributed by atoms with Crippen LogP contribution in [0.5, 0.6) is 0 Å². The molecule has 56 heavy (non-hydrogen) atoms. The third-order valence-corrected chi connectivity index (χ3v) is 13.1. The van der Waals surface area contributed by atoms with E-state index in [1.807, 2.05) is 6.92 Å². The van der Waals surface area contributed by atoms with E-state index >= 15 is 0 Å². The number of pyridine rings is 2. The zero-order valence-electron chi connectivity index (χ0n) is 28.2. The first-order valence-corrected chi connectivity index (χ1v) is 20.3. The van der Waals surface area contributed by atoms with Gasteiger partial charge in [-0.15, -0.1) is 23.1 Å². The number of thioether (sulfide) groups is 1. The summed E-state index contributed by atoms with van der Waals surface area (Å²) < 4.78 is 156. The van der Waals surface area contributed by atoms with Crippen LogP contribution in [0.1, 0.15) is 29.6 Å². The van der Waals surface area contributed by atoms with Crippen LogP contribution < -0.4 is 0 Å². The monoisotopic (exact) mass is 864 g/mol. The summed E-state index contributed by atoms with van der Waals surface area (Å²) in [5.41, 5.74) is -2.65. The van der Waals surface area contributed by atoms with Crippen molar-refractivity contribution < 1.29 is 47.9 Å². The molecular formula is C31H21F9N10O2S4. The Hall–Kier alpha value is -4.75. The van der Waals surface area contributed by atoms with Gasteiger partial charge in [-0.3, -0.25) is 8.80 Å². The molecule has 0 aliphatic heterocycles. The number of sulfone groups is 1. The Bertz CT molecular complexity index is 2930. The molecule has 12 nitrogen and oxygen atoms in total. The van der Waals surface area contributed by atoms with Crippen LogP contribution in [-0.4, -0.2) is 67.8 Å². The van der Waals surface area contributed by atoms with E-state index in [4.69, 9.17) is 0 Å². The Morgan fingerprint density at radius 1 is 0.786 bits per heavy atom. The van der Waals surface area contributed by atoms with Crippen molar-refractivity contribution in [2.24, 2.45) is 7.05 Å². The maximum absolute atomic E-state index is 14.3. The quantitative estimate of drug-likeness (QED) is 0.104. The minimum Gasteiger partial charge on any atom is -0.324 e. The molecule has 0 radical (unpaired) electrons. The van der Waals surface area contributed by atoms with Gasteiger partial charge in [-0.1, -0.05) is 18.3 Å². The summed E-state index contributed by atoms with van der Waals surface area (Å²) in [7, 11) is -3.25. The minimum atomic E-state index is -4.86. The van der Waals surface area contributed by atoms with E-state index in [-0.39, 0.29) is 63.0 Å². The fraction of sp³-hybridized carbons (Fsp3) is 0.290. The lowest BCUT2D eigenvalue weighted by Gasteiger charge is -2.11. The molecule has 8 heterocycles. The zero-order chi connectivity index (χ0) is 40.1. The number of fused-ring (bicyclic) bond motifs is 4. The number of hydrogen-bond donors (Lipinski definition) is 0. The largest absolute Gasteiger partial charge is 0.433 e. The summed E-state index contributed by atoms with van der Waals surface area (Å²) in [6.45, 7) is 1.72. The van der Waals surface area contributed by atoms with E-state index in [1.54, 1.807) is 16.0 Å². The highest BCUT2D eigenvalue weighted by molar-refractivity contribution is 7.99. The number of aryl methyl sites for hydroxylation is 2. The van der Waals surface area contributed by atoms with Gasteiger partial charge < -0.3 is 9.13 Å². The maximum Gasteiger partial charge on any atom is 0.433 e. The van der Waals surface area contributed by atoms with Crippen LogP contribution in [0, 0.1) is 0 Å². The molecule has 0 saturated carbocycles. The van der Waals surface area contributed by atoms with E-state index < -0.39 is 61.1 Å². The lowest BCUT2D eigenvalue weighted by atomic mass is 10.3. The summed E-state index contributed by atoms with van der Waals surface area (Å²) in [6.07, 6.45) is -10.5. The SMILES string of the molecule is CCSc1c(-c2nc3cc(C(F)(F)F)ncc3n2CCCS(=O)(=O)c2c(-c3nc4cc(C(F)(F)F)ncc4n3C)nc3sc(C(F)(F)F)cn23)nc2sccn12.